The molecule has 7 heavy (non-hydrogen) atoms. The fourth-order valence-corrected chi connectivity index (χ4v) is 0.228. The molecule has 0 bridgehead atoms. The van der Waals surface area contributed by atoms with Crippen molar-refractivity contribution in [2.24, 2.45) is 0 Å². The fraction of sp³-hybridized carbons (Fsp3) is 0.500. The van der Waals surface area contributed by atoms with Gasteiger partial charge < -0.3 is 5.11 Å². The second-order valence-electron chi connectivity index (χ2n) is 0.723. The Hall–Kier alpha value is 0.430. The third-order valence-corrected chi connectivity index (χ3v) is 1.50. The van der Waals surface area contributed by atoms with Crippen LogP contribution in [0.15, 0.2) is 0 Å². The van der Waals surface area contributed by atoms with E-state index < -0.39 is 5.56 Å². The van der Waals surface area contributed by atoms with Crippen LogP contribution in [0.25, 0.3) is 0 Å². The summed E-state index contributed by atoms with van der Waals surface area (Å²) in [7, 11) is 0. The lowest BCUT2D eigenvalue weighted by Crippen LogP contribution is -2.04. The molecule has 1 atom stereocenters. The van der Waals surface area contributed by atoms with E-state index in [-0.39, 0.29) is 15.6 Å². The van der Waals surface area contributed by atoms with Crippen molar-refractivity contribution in [1.82, 2.24) is 0 Å². The summed E-state index contributed by atoms with van der Waals surface area (Å²) in [5.41, 5.74) is -1.33. The fourth-order valence-electron chi connectivity index (χ4n) is 0.0397. The van der Waals surface area contributed by atoms with Crippen molar-refractivity contribution in [3.8, 4) is 0 Å². The van der Waals surface area contributed by atoms with Crippen LogP contribution in [-0.2, 0) is 11.3 Å². The van der Waals surface area contributed by atoms with E-state index >= 15 is 0 Å². The van der Waals surface area contributed by atoms with Crippen molar-refractivity contribution in [2.75, 3.05) is 0 Å². The summed E-state index contributed by atoms with van der Waals surface area (Å²) in [6.07, 6.45) is 0. The maximum Gasteiger partial charge on any atom is 0.176 e. The van der Waals surface area contributed by atoms with Crippen LogP contribution in [-0.4, -0.2) is 19.2 Å². The Morgan fingerprint density at radius 2 is 2.29 bits per heavy atom. The average molecular weight is 161 g/mol. The number of halogens is 2. The van der Waals surface area contributed by atoms with Gasteiger partial charge in [0.05, 0.1) is 0 Å². The summed E-state index contributed by atoms with van der Waals surface area (Å²) in [4.78, 5) is 0. The van der Waals surface area contributed by atoms with Gasteiger partial charge in [0.2, 0.25) is 0 Å². The Morgan fingerprint density at radius 3 is 2.29 bits per heavy atom. The Balaban J connectivity index is 3.81. The third kappa shape index (κ3) is 3.05. The van der Waals surface area contributed by atoms with Crippen molar-refractivity contribution in [1.29, 1.82) is 0 Å². The molecule has 0 radical (unpaired) electrons. The molecule has 0 saturated carbocycles. The van der Waals surface area contributed by atoms with Gasteiger partial charge in [-0.3, -0.25) is 0 Å². The second-order valence-corrected chi connectivity index (χ2v) is 2.37. The van der Waals surface area contributed by atoms with Crippen LogP contribution < -0.4 is 0 Å². The predicted octanol–water partition coefficient (Wildman–Crippen LogP) is 0.125. The second kappa shape index (κ2) is 3.43. The smallest absolute Gasteiger partial charge is 0.176 e. The molecule has 0 aromatic heterocycles. The standard InChI is InChI=1S/C2H2Cl2O2S/c3-1(5)2(4)7-6/h1,5H. The minimum atomic E-state index is -1.33. The molecule has 0 aliphatic rings. The van der Waals surface area contributed by atoms with Crippen molar-refractivity contribution in [2.45, 2.75) is 5.56 Å². The first-order valence-corrected chi connectivity index (χ1v) is 2.88. The van der Waals surface area contributed by atoms with E-state index in [0.717, 1.165) is 0 Å². The summed E-state index contributed by atoms with van der Waals surface area (Å²) in [6, 6.07) is 0. The van der Waals surface area contributed by atoms with Crippen molar-refractivity contribution in [3.63, 3.8) is 0 Å². The van der Waals surface area contributed by atoms with Crippen LogP contribution in [0.2, 0.25) is 0 Å². The molecule has 0 saturated heterocycles. The first-order chi connectivity index (χ1) is 3.18. The van der Waals surface area contributed by atoms with Crippen LogP contribution >= 0.6 is 23.2 Å². The van der Waals surface area contributed by atoms with Gasteiger partial charge in [0.25, 0.3) is 0 Å². The number of aliphatic hydroxyl groups is 1. The van der Waals surface area contributed by atoms with Crippen LogP contribution in [0.1, 0.15) is 0 Å². The molecule has 0 fully saturated rings. The lowest BCUT2D eigenvalue weighted by molar-refractivity contribution is 0.324. The lowest BCUT2D eigenvalue weighted by Gasteiger charge is -1.88. The molecule has 42 valence electrons. The maximum atomic E-state index is 9.57. The van der Waals surface area contributed by atoms with Gasteiger partial charge in [-0.2, -0.15) is 0 Å². The van der Waals surface area contributed by atoms with Gasteiger partial charge in [0, 0.05) is 0 Å². The van der Waals surface area contributed by atoms with Gasteiger partial charge in [-0.15, -0.1) is 0 Å². The number of rotatable bonds is 1. The minimum absolute atomic E-state index is 0.0170. The largest absolute Gasteiger partial charge is 0.372 e. The van der Waals surface area contributed by atoms with E-state index in [1.807, 2.05) is 0 Å². The predicted molar refractivity (Wildman–Crippen MR) is 30.9 cm³/mol. The summed E-state index contributed by atoms with van der Waals surface area (Å²) < 4.78 is 9.33. The quantitative estimate of drug-likeness (QED) is 0.337. The zero-order valence-electron chi connectivity index (χ0n) is 3.10. The maximum absolute atomic E-state index is 9.57. The summed E-state index contributed by atoms with van der Waals surface area (Å²) in [5, 5.41) is 8.20. The van der Waals surface area contributed by atoms with E-state index in [2.05, 4.69) is 0 Å². The summed E-state index contributed by atoms with van der Waals surface area (Å²) in [5.74, 6) is 0. The SMILES string of the molecule is O=S=C(Cl)C(O)Cl. The first-order valence-electron chi connectivity index (χ1n) is 1.32. The molecule has 0 aromatic rings. The van der Waals surface area contributed by atoms with E-state index in [0.29, 0.717) is 0 Å². The number of hydrogen-bond donors (Lipinski definition) is 1. The molecule has 0 heterocycles. The van der Waals surface area contributed by atoms with Crippen molar-refractivity contribution >= 4 is 38.8 Å². The van der Waals surface area contributed by atoms with E-state index in [4.69, 9.17) is 28.3 Å². The molecule has 0 aromatic carbocycles. The molecule has 0 aliphatic carbocycles. The topological polar surface area (TPSA) is 37.3 Å². The van der Waals surface area contributed by atoms with Crippen LogP contribution in [0, 0.1) is 0 Å². The van der Waals surface area contributed by atoms with Gasteiger partial charge in [-0.1, -0.05) is 23.2 Å². The number of hydrogen-bond acceptors (Lipinski definition) is 2. The molecular formula is C2H2Cl2O2S. The van der Waals surface area contributed by atoms with Gasteiger partial charge >= 0.3 is 0 Å². The molecule has 0 amide bonds. The summed E-state index contributed by atoms with van der Waals surface area (Å²) >= 11 is 9.86. The number of aliphatic hydroxyl groups excluding tert-OH is 1. The van der Waals surface area contributed by atoms with Crippen molar-refractivity contribution in [3.05, 3.63) is 0 Å². The van der Waals surface area contributed by atoms with E-state index in [9.17, 15) is 4.21 Å². The first kappa shape index (κ1) is 7.43. The molecule has 0 rings (SSSR count). The Labute approximate surface area is 54.1 Å². The highest BCUT2D eigenvalue weighted by atomic mass is 35.5. The van der Waals surface area contributed by atoms with Crippen LogP contribution in [0.3, 0.4) is 0 Å². The van der Waals surface area contributed by atoms with Gasteiger partial charge in [-0.05, 0) is 0 Å². The van der Waals surface area contributed by atoms with Crippen LogP contribution in [0.5, 0.6) is 0 Å². The molecule has 1 unspecified atom stereocenters. The molecule has 0 aliphatic heterocycles. The van der Waals surface area contributed by atoms with Gasteiger partial charge in [0.15, 0.2) is 9.89 Å². The van der Waals surface area contributed by atoms with Crippen LogP contribution in [0.4, 0.5) is 0 Å². The highest BCUT2D eigenvalue weighted by Crippen LogP contribution is 1.94. The molecule has 1 N–H and O–H groups in total. The lowest BCUT2D eigenvalue weighted by atomic mass is 10.9. The zero-order valence-corrected chi connectivity index (χ0v) is 5.43. The monoisotopic (exact) mass is 160 g/mol. The molecule has 2 nitrogen and oxygen atoms in total. The Bertz CT molecular complexity index is 106. The molecule has 5 heteroatoms. The third-order valence-electron chi connectivity index (χ3n) is 0.267. The normalized spacial score (nSPS) is 13.0. The highest BCUT2D eigenvalue weighted by Gasteiger charge is 2.01. The van der Waals surface area contributed by atoms with Gasteiger partial charge in [0.1, 0.15) is 11.3 Å². The Kier molecular flexibility index (Phi) is 3.65. The average Bonchev–Trinajstić information content (AvgIpc) is 1.65. The Morgan fingerprint density at radius 1 is 1.86 bits per heavy atom. The number of alkyl halides is 1. The summed E-state index contributed by atoms with van der Waals surface area (Å²) in [6.45, 7) is 0. The molecular weight excluding hydrogens is 159 g/mol. The minimum Gasteiger partial charge on any atom is -0.372 e. The zero-order chi connectivity index (χ0) is 5.86. The van der Waals surface area contributed by atoms with E-state index in [1.165, 1.54) is 0 Å². The van der Waals surface area contributed by atoms with E-state index in [1.54, 1.807) is 0 Å². The molecule has 0 spiro atoms. The highest BCUT2D eigenvalue weighted by molar-refractivity contribution is 7.70. The van der Waals surface area contributed by atoms with Gasteiger partial charge in [-0.25, -0.2) is 4.21 Å². The van der Waals surface area contributed by atoms with Crippen molar-refractivity contribution < 1.29 is 9.32 Å².